The highest BCUT2D eigenvalue weighted by Gasteiger charge is 2.42. The second-order valence-corrected chi connectivity index (χ2v) is 5.37. The van der Waals surface area contributed by atoms with Crippen LogP contribution < -0.4 is 0 Å². The van der Waals surface area contributed by atoms with Crippen molar-refractivity contribution in [2.75, 3.05) is 13.1 Å². The quantitative estimate of drug-likeness (QED) is 0.474. The highest BCUT2D eigenvalue weighted by Crippen LogP contribution is 2.27. The van der Waals surface area contributed by atoms with Crippen molar-refractivity contribution in [1.82, 2.24) is 4.90 Å². The molecule has 0 aromatic heterocycles. The van der Waals surface area contributed by atoms with Crippen molar-refractivity contribution in [3.63, 3.8) is 0 Å². The third kappa shape index (κ3) is 2.85. The topological polar surface area (TPSA) is 99.0 Å². The Bertz CT molecular complexity index is 614. The number of piperidine rings is 1. The lowest BCUT2D eigenvalue weighted by Crippen LogP contribution is -2.40. The minimum Gasteiger partial charge on any atom is -0.461 e. The Balaban J connectivity index is 1.54. The van der Waals surface area contributed by atoms with Gasteiger partial charge in [-0.15, -0.1) is 0 Å². The molecule has 2 saturated heterocycles. The minimum absolute atomic E-state index is 0.0117. The average Bonchev–Trinajstić information content (AvgIpc) is 2.77. The summed E-state index contributed by atoms with van der Waals surface area (Å²) < 4.78 is 10.3. The zero-order chi connectivity index (χ0) is 15.7. The molecule has 2 bridgehead atoms. The zero-order valence-corrected chi connectivity index (χ0v) is 11.6. The number of benzene rings is 1. The van der Waals surface area contributed by atoms with Crippen LogP contribution in [0.15, 0.2) is 24.3 Å². The molecule has 1 unspecified atom stereocenters. The van der Waals surface area contributed by atoms with Crippen LogP contribution in [-0.2, 0) is 20.9 Å². The average molecular weight is 306 g/mol. The van der Waals surface area contributed by atoms with Gasteiger partial charge in [-0.3, -0.25) is 14.9 Å². The number of carbonyl (C=O) groups excluding carboxylic acids is 2. The van der Waals surface area contributed by atoms with Crippen LogP contribution in [0.4, 0.5) is 10.5 Å². The normalized spacial score (nSPS) is 23.1. The van der Waals surface area contributed by atoms with Gasteiger partial charge in [0.2, 0.25) is 0 Å². The summed E-state index contributed by atoms with van der Waals surface area (Å²) in [4.78, 5) is 35.0. The number of non-ortho nitro benzene ring substituents is 1. The summed E-state index contributed by atoms with van der Waals surface area (Å²) in [6.45, 7) is 0.895. The lowest BCUT2D eigenvalue weighted by Gasteiger charge is -2.25. The smallest absolute Gasteiger partial charge is 0.410 e. The van der Waals surface area contributed by atoms with Gasteiger partial charge in [0, 0.05) is 25.1 Å². The van der Waals surface area contributed by atoms with Gasteiger partial charge < -0.3 is 14.4 Å². The van der Waals surface area contributed by atoms with Crippen LogP contribution in [0.3, 0.4) is 0 Å². The summed E-state index contributed by atoms with van der Waals surface area (Å²) in [7, 11) is 0. The summed E-state index contributed by atoms with van der Waals surface area (Å²) in [6.07, 6.45) is -0.143. The number of amides is 1. The molecule has 8 heteroatoms. The molecule has 2 heterocycles. The molecule has 0 aliphatic carbocycles. The van der Waals surface area contributed by atoms with Crippen molar-refractivity contribution in [3.8, 4) is 0 Å². The first-order chi connectivity index (χ1) is 10.5. The molecular weight excluding hydrogens is 292 g/mol. The van der Waals surface area contributed by atoms with E-state index in [0.29, 0.717) is 25.1 Å². The monoisotopic (exact) mass is 306 g/mol. The predicted molar refractivity (Wildman–Crippen MR) is 72.8 cm³/mol. The van der Waals surface area contributed by atoms with Crippen molar-refractivity contribution in [1.29, 1.82) is 0 Å². The molecule has 0 saturated carbocycles. The van der Waals surface area contributed by atoms with Crippen LogP contribution in [0.2, 0.25) is 0 Å². The maximum atomic E-state index is 12.0. The zero-order valence-electron chi connectivity index (χ0n) is 11.6. The van der Waals surface area contributed by atoms with Crippen molar-refractivity contribution in [3.05, 3.63) is 39.9 Å². The van der Waals surface area contributed by atoms with E-state index in [0.717, 1.165) is 0 Å². The largest absolute Gasteiger partial charge is 0.461 e. The molecule has 0 radical (unpaired) electrons. The molecule has 1 aromatic carbocycles. The molecule has 116 valence electrons. The standard InChI is InChI=1S/C14H14N2O6/c17-13(10-5-12-7-15(6-10)14(18)22-12)21-8-9-1-3-11(4-2-9)16(19)20/h1-4,10,12H,5-8H2/t10?,12-/m1/s1. The lowest BCUT2D eigenvalue weighted by molar-refractivity contribution is -0.384. The van der Waals surface area contributed by atoms with Gasteiger partial charge in [0.05, 0.1) is 17.4 Å². The van der Waals surface area contributed by atoms with Crippen LogP contribution in [0, 0.1) is 16.0 Å². The van der Waals surface area contributed by atoms with Gasteiger partial charge in [0.15, 0.2) is 0 Å². The van der Waals surface area contributed by atoms with E-state index < -0.39 is 4.92 Å². The summed E-state index contributed by atoms with van der Waals surface area (Å²) in [5.74, 6) is -0.769. The van der Waals surface area contributed by atoms with Gasteiger partial charge in [0.1, 0.15) is 12.7 Å². The summed E-state index contributed by atoms with van der Waals surface area (Å²) in [5.41, 5.74) is 0.660. The number of nitro groups is 1. The molecule has 2 atom stereocenters. The fourth-order valence-corrected chi connectivity index (χ4v) is 2.66. The number of ether oxygens (including phenoxy) is 2. The van der Waals surface area contributed by atoms with E-state index in [1.54, 1.807) is 12.1 Å². The Morgan fingerprint density at radius 2 is 2.09 bits per heavy atom. The highest BCUT2D eigenvalue weighted by molar-refractivity contribution is 5.76. The number of hydrogen-bond acceptors (Lipinski definition) is 6. The second-order valence-electron chi connectivity index (χ2n) is 5.37. The van der Waals surface area contributed by atoms with Crippen molar-refractivity contribution < 1.29 is 24.0 Å². The lowest BCUT2D eigenvalue weighted by atomic mass is 9.97. The Labute approximate surface area is 125 Å². The summed E-state index contributed by atoms with van der Waals surface area (Å²) >= 11 is 0. The number of rotatable bonds is 4. The molecular formula is C14H14N2O6. The van der Waals surface area contributed by atoms with Gasteiger partial charge in [0.25, 0.3) is 5.69 Å². The first-order valence-corrected chi connectivity index (χ1v) is 6.88. The van der Waals surface area contributed by atoms with Gasteiger partial charge in [-0.2, -0.15) is 0 Å². The first-order valence-electron chi connectivity index (χ1n) is 6.88. The van der Waals surface area contributed by atoms with E-state index in [2.05, 4.69) is 0 Å². The van der Waals surface area contributed by atoms with Crippen LogP contribution >= 0.6 is 0 Å². The SMILES string of the molecule is O=C(OCc1ccc([N+](=O)[O-])cc1)C1C[C@@H]2CN(C1)C(=O)O2. The Morgan fingerprint density at radius 1 is 1.36 bits per heavy atom. The molecule has 8 nitrogen and oxygen atoms in total. The van der Waals surface area contributed by atoms with Crippen LogP contribution in [-0.4, -0.2) is 41.1 Å². The molecule has 3 rings (SSSR count). The Hall–Kier alpha value is -2.64. The third-order valence-electron chi connectivity index (χ3n) is 3.80. The van der Waals surface area contributed by atoms with Crippen molar-refractivity contribution in [2.24, 2.45) is 5.92 Å². The molecule has 1 amide bonds. The number of esters is 1. The van der Waals surface area contributed by atoms with E-state index in [1.165, 1.54) is 17.0 Å². The maximum Gasteiger partial charge on any atom is 0.410 e. The van der Waals surface area contributed by atoms with Gasteiger partial charge in [-0.1, -0.05) is 0 Å². The van der Waals surface area contributed by atoms with E-state index in [1.807, 2.05) is 0 Å². The molecule has 0 spiro atoms. The minimum atomic E-state index is -0.487. The first kappa shape index (κ1) is 14.3. The van der Waals surface area contributed by atoms with Gasteiger partial charge >= 0.3 is 12.1 Å². The molecule has 2 aliphatic heterocycles. The number of nitrogens with zero attached hydrogens (tertiary/aromatic N) is 2. The molecule has 1 aromatic rings. The molecule has 0 N–H and O–H groups in total. The number of carbonyl (C=O) groups is 2. The van der Waals surface area contributed by atoms with E-state index in [4.69, 9.17) is 9.47 Å². The number of nitro benzene ring substituents is 1. The predicted octanol–water partition coefficient (Wildman–Crippen LogP) is 1.48. The number of hydrogen-bond donors (Lipinski definition) is 0. The summed E-state index contributed by atoms with van der Waals surface area (Å²) in [6, 6.07) is 5.82. The van der Waals surface area contributed by atoms with Crippen molar-refractivity contribution >= 4 is 17.7 Å². The fraction of sp³-hybridized carbons (Fsp3) is 0.429. The molecule has 22 heavy (non-hydrogen) atoms. The summed E-state index contributed by atoms with van der Waals surface area (Å²) in [5, 5.41) is 10.6. The van der Waals surface area contributed by atoms with Crippen molar-refractivity contribution in [2.45, 2.75) is 19.1 Å². The highest BCUT2D eigenvalue weighted by atomic mass is 16.6. The Kier molecular flexibility index (Phi) is 3.66. The second kappa shape index (κ2) is 5.63. The third-order valence-corrected chi connectivity index (χ3v) is 3.80. The van der Waals surface area contributed by atoms with Gasteiger partial charge in [-0.05, 0) is 17.7 Å². The molecule has 2 fully saturated rings. The maximum absolute atomic E-state index is 12.0. The van der Waals surface area contributed by atoms with E-state index in [-0.39, 0.29) is 36.4 Å². The van der Waals surface area contributed by atoms with Gasteiger partial charge in [-0.25, -0.2) is 4.79 Å². The fourth-order valence-electron chi connectivity index (χ4n) is 2.66. The molecule has 2 aliphatic rings. The van der Waals surface area contributed by atoms with Crippen LogP contribution in [0.25, 0.3) is 0 Å². The Morgan fingerprint density at radius 3 is 2.73 bits per heavy atom. The number of fused-ring (bicyclic) bond motifs is 2. The van der Waals surface area contributed by atoms with E-state index >= 15 is 0 Å². The van der Waals surface area contributed by atoms with E-state index in [9.17, 15) is 19.7 Å². The van der Waals surface area contributed by atoms with Crippen LogP contribution in [0.5, 0.6) is 0 Å². The van der Waals surface area contributed by atoms with Crippen LogP contribution in [0.1, 0.15) is 12.0 Å².